The fourth-order valence-electron chi connectivity index (χ4n) is 2.20. The van der Waals surface area contributed by atoms with Crippen molar-refractivity contribution in [2.75, 3.05) is 0 Å². The topological polar surface area (TPSA) is 62.7 Å². The Labute approximate surface area is 124 Å². The third-order valence-corrected chi connectivity index (χ3v) is 3.57. The van der Waals surface area contributed by atoms with E-state index in [-0.39, 0.29) is 12.0 Å². The smallest absolute Gasteiger partial charge is 0.101 e. The molecule has 0 amide bonds. The third-order valence-electron chi connectivity index (χ3n) is 3.32. The Kier molecular flexibility index (Phi) is 4.73. The molecular weight excluding hydrogens is 270 g/mol. The second-order valence-electron chi connectivity index (χ2n) is 4.91. The van der Waals surface area contributed by atoms with Gasteiger partial charge < -0.3 is 5.73 Å². The van der Waals surface area contributed by atoms with E-state index in [0.717, 1.165) is 17.0 Å². The summed E-state index contributed by atoms with van der Waals surface area (Å²) in [6, 6.07) is 11.7. The van der Waals surface area contributed by atoms with Crippen molar-refractivity contribution in [3.05, 3.63) is 64.4 Å². The highest BCUT2D eigenvalue weighted by Gasteiger charge is 2.17. The summed E-state index contributed by atoms with van der Waals surface area (Å²) < 4.78 is 0. The van der Waals surface area contributed by atoms with E-state index in [1.165, 1.54) is 5.56 Å². The Hall–Kier alpha value is -1.89. The van der Waals surface area contributed by atoms with Crippen LogP contribution in [0.5, 0.6) is 0 Å². The highest BCUT2D eigenvalue weighted by atomic mass is 35.5. The maximum Gasteiger partial charge on any atom is 0.101 e. The van der Waals surface area contributed by atoms with E-state index < -0.39 is 0 Å². The molecule has 0 aliphatic carbocycles. The van der Waals surface area contributed by atoms with Crippen LogP contribution in [0, 0.1) is 11.3 Å². The molecule has 1 heterocycles. The Morgan fingerprint density at radius 1 is 1.30 bits per heavy atom. The van der Waals surface area contributed by atoms with Gasteiger partial charge in [0, 0.05) is 29.4 Å². The van der Waals surface area contributed by atoms with Crippen LogP contribution in [-0.4, -0.2) is 11.0 Å². The number of aromatic nitrogens is 1. The van der Waals surface area contributed by atoms with Crippen molar-refractivity contribution in [2.45, 2.75) is 25.3 Å². The Morgan fingerprint density at radius 2 is 2.00 bits per heavy atom. The number of halogens is 1. The van der Waals surface area contributed by atoms with E-state index >= 15 is 0 Å². The largest absolute Gasteiger partial charge is 0.327 e. The van der Waals surface area contributed by atoms with E-state index in [0.29, 0.717) is 5.56 Å². The zero-order chi connectivity index (χ0) is 14.5. The van der Waals surface area contributed by atoms with Crippen molar-refractivity contribution in [2.24, 2.45) is 5.73 Å². The SMILES string of the molecule is CC(N)C(Cc1ccc(Cl)cc1)c1cncc(C#N)c1. The molecule has 0 saturated carbocycles. The van der Waals surface area contributed by atoms with Gasteiger partial charge in [0.1, 0.15) is 6.07 Å². The summed E-state index contributed by atoms with van der Waals surface area (Å²) in [5.41, 5.74) is 8.82. The molecular formula is C16H16ClN3. The van der Waals surface area contributed by atoms with E-state index in [2.05, 4.69) is 11.1 Å². The van der Waals surface area contributed by atoms with E-state index in [1.54, 1.807) is 12.4 Å². The molecule has 0 aliphatic rings. The zero-order valence-corrected chi connectivity index (χ0v) is 12.0. The molecule has 102 valence electrons. The minimum absolute atomic E-state index is 0.0265. The summed E-state index contributed by atoms with van der Waals surface area (Å²) in [6.07, 6.45) is 4.14. The molecule has 0 fully saturated rings. The van der Waals surface area contributed by atoms with Gasteiger partial charge >= 0.3 is 0 Å². The fourth-order valence-corrected chi connectivity index (χ4v) is 2.33. The molecule has 2 unspecified atom stereocenters. The molecule has 0 bridgehead atoms. The van der Waals surface area contributed by atoms with Crippen molar-refractivity contribution in [3.8, 4) is 6.07 Å². The van der Waals surface area contributed by atoms with Crippen LogP contribution in [0.4, 0.5) is 0 Å². The van der Waals surface area contributed by atoms with Crippen molar-refractivity contribution >= 4 is 11.6 Å². The van der Waals surface area contributed by atoms with Crippen molar-refractivity contribution < 1.29 is 0 Å². The average Bonchev–Trinajstić information content (AvgIpc) is 2.46. The lowest BCUT2D eigenvalue weighted by Gasteiger charge is -2.21. The van der Waals surface area contributed by atoms with Crippen LogP contribution in [0.15, 0.2) is 42.7 Å². The molecule has 4 heteroatoms. The fraction of sp³-hybridized carbons (Fsp3) is 0.250. The van der Waals surface area contributed by atoms with E-state index in [9.17, 15) is 0 Å². The van der Waals surface area contributed by atoms with Crippen LogP contribution in [0.3, 0.4) is 0 Å². The first-order chi connectivity index (χ1) is 9.60. The third kappa shape index (κ3) is 3.57. The van der Waals surface area contributed by atoms with Crippen LogP contribution in [0.2, 0.25) is 5.02 Å². The maximum atomic E-state index is 8.97. The normalized spacial score (nSPS) is 13.5. The van der Waals surface area contributed by atoms with Crippen LogP contribution in [0.25, 0.3) is 0 Å². The molecule has 0 aliphatic heterocycles. The predicted octanol–water partition coefficient (Wildman–Crippen LogP) is 3.28. The number of hydrogen-bond donors (Lipinski definition) is 1. The van der Waals surface area contributed by atoms with E-state index in [1.807, 2.05) is 37.3 Å². The lowest BCUT2D eigenvalue weighted by atomic mass is 9.87. The number of hydrogen-bond acceptors (Lipinski definition) is 3. The Balaban J connectivity index is 2.27. The van der Waals surface area contributed by atoms with Gasteiger partial charge in [0.15, 0.2) is 0 Å². The first kappa shape index (κ1) is 14.5. The van der Waals surface area contributed by atoms with Gasteiger partial charge in [0.2, 0.25) is 0 Å². The first-order valence-corrected chi connectivity index (χ1v) is 6.83. The summed E-state index contributed by atoms with van der Waals surface area (Å²) in [4.78, 5) is 4.12. The van der Waals surface area contributed by atoms with Crippen LogP contribution >= 0.6 is 11.6 Å². The summed E-state index contributed by atoms with van der Waals surface area (Å²) in [5, 5.41) is 9.69. The summed E-state index contributed by atoms with van der Waals surface area (Å²) in [7, 11) is 0. The molecule has 3 nitrogen and oxygen atoms in total. The Bertz CT molecular complexity index is 614. The zero-order valence-electron chi connectivity index (χ0n) is 11.3. The number of nitrogens with zero attached hydrogens (tertiary/aromatic N) is 2. The van der Waals surface area contributed by atoms with Gasteiger partial charge in [-0.05, 0) is 42.7 Å². The quantitative estimate of drug-likeness (QED) is 0.937. The number of pyridine rings is 1. The molecule has 2 N–H and O–H groups in total. The Morgan fingerprint density at radius 3 is 2.60 bits per heavy atom. The second kappa shape index (κ2) is 6.51. The minimum atomic E-state index is -0.0265. The monoisotopic (exact) mass is 285 g/mol. The molecule has 1 aromatic carbocycles. The molecule has 0 spiro atoms. The van der Waals surface area contributed by atoms with Crippen molar-refractivity contribution in [1.29, 1.82) is 5.26 Å². The lowest BCUT2D eigenvalue weighted by Crippen LogP contribution is -2.26. The van der Waals surface area contributed by atoms with Gasteiger partial charge in [0.05, 0.1) is 5.56 Å². The molecule has 2 atom stereocenters. The molecule has 0 radical (unpaired) electrons. The van der Waals surface area contributed by atoms with Gasteiger partial charge in [-0.3, -0.25) is 4.98 Å². The number of rotatable bonds is 4. The number of benzene rings is 1. The summed E-state index contributed by atoms with van der Waals surface area (Å²) in [5.74, 6) is 0.122. The maximum absolute atomic E-state index is 8.97. The number of nitrogens with two attached hydrogens (primary N) is 1. The van der Waals surface area contributed by atoms with Gasteiger partial charge in [-0.15, -0.1) is 0 Å². The summed E-state index contributed by atoms with van der Waals surface area (Å²) in [6.45, 7) is 1.97. The van der Waals surface area contributed by atoms with Crippen LogP contribution in [0.1, 0.15) is 29.5 Å². The number of nitriles is 1. The highest BCUT2D eigenvalue weighted by Crippen LogP contribution is 2.24. The van der Waals surface area contributed by atoms with Crippen LogP contribution < -0.4 is 5.73 Å². The highest BCUT2D eigenvalue weighted by molar-refractivity contribution is 6.30. The predicted molar refractivity (Wildman–Crippen MR) is 80.5 cm³/mol. The van der Waals surface area contributed by atoms with Crippen molar-refractivity contribution in [1.82, 2.24) is 4.98 Å². The van der Waals surface area contributed by atoms with Crippen LogP contribution in [-0.2, 0) is 6.42 Å². The van der Waals surface area contributed by atoms with Gasteiger partial charge in [-0.2, -0.15) is 5.26 Å². The van der Waals surface area contributed by atoms with Gasteiger partial charge in [-0.25, -0.2) is 0 Å². The standard InChI is InChI=1S/C16H16ClN3/c1-11(19)16(7-12-2-4-15(17)5-3-12)14-6-13(8-18)9-20-10-14/h2-6,9-11,16H,7,19H2,1H3. The molecule has 1 aromatic heterocycles. The molecule has 2 aromatic rings. The van der Waals surface area contributed by atoms with Crippen molar-refractivity contribution in [3.63, 3.8) is 0 Å². The summed E-state index contributed by atoms with van der Waals surface area (Å²) >= 11 is 5.90. The molecule has 20 heavy (non-hydrogen) atoms. The van der Waals surface area contributed by atoms with Gasteiger partial charge in [-0.1, -0.05) is 23.7 Å². The first-order valence-electron chi connectivity index (χ1n) is 6.45. The average molecular weight is 286 g/mol. The molecule has 0 saturated heterocycles. The van der Waals surface area contributed by atoms with Gasteiger partial charge in [0.25, 0.3) is 0 Å². The minimum Gasteiger partial charge on any atom is -0.327 e. The molecule has 2 rings (SSSR count). The second-order valence-corrected chi connectivity index (χ2v) is 5.35. The lowest BCUT2D eigenvalue weighted by molar-refractivity contribution is 0.563. The van der Waals surface area contributed by atoms with E-state index in [4.69, 9.17) is 22.6 Å².